The second kappa shape index (κ2) is 6.87. The Morgan fingerprint density at radius 3 is 2.35 bits per heavy atom. The molecule has 1 fully saturated rings. The molecular formula is C15H28N4S. The Morgan fingerprint density at radius 1 is 1.15 bits per heavy atom. The first-order chi connectivity index (χ1) is 9.47. The molecule has 0 bridgehead atoms. The van der Waals surface area contributed by atoms with Crippen LogP contribution >= 0.6 is 11.3 Å². The topological polar surface area (TPSA) is 31.4 Å². The monoisotopic (exact) mass is 296 g/mol. The summed E-state index contributed by atoms with van der Waals surface area (Å²) in [4.78, 5) is 11.2. The van der Waals surface area contributed by atoms with Crippen LogP contribution in [0.3, 0.4) is 0 Å². The van der Waals surface area contributed by atoms with E-state index in [1.165, 1.54) is 15.7 Å². The second-order valence-electron chi connectivity index (χ2n) is 6.29. The van der Waals surface area contributed by atoms with Crippen LogP contribution in [0.2, 0.25) is 0 Å². The fraction of sp³-hybridized carbons (Fsp3) is 0.800. The maximum absolute atomic E-state index is 4.92. The van der Waals surface area contributed by atoms with Gasteiger partial charge in [-0.1, -0.05) is 27.7 Å². The highest BCUT2D eigenvalue weighted by atomic mass is 32.1. The zero-order valence-corrected chi connectivity index (χ0v) is 14.3. The zero-order chi connectivity index (χ0) is 14.7. The van der Waals surface area contributed by atoms with Crippen LogP contribution in [0.4, 0.5) is 5.13 Å². The summed E-state index contributed by atoms with van der Waals surface area (Å²) >= 11 is 1.87. The van der Waals surface area contributed by atoms with Gasteiger partial charge in [0, 0.05) is 43.6 Å². The van der Waals surface area contributed by atoms with Crippen LogP contribution in [0.15, 0.2) is 0 Å². The molecule has 1 saturated heterocycles. The van der Waals surface area contributed by atoms with Crippen LogP contribution in [0.25, 0.3) is 0 Å². The minimum Gasteiger partial charge on any atom is -0.346 e. The maximum atomic E-state index is 4.92. The lowest BCUT2D eigenvalue weighted by atomic mass is 10.1. The molecule has 4 nitrogen and oxygen atoms in total. The SMILES string of the molecule is CC(C)NCc1sc(N2CCN(C)CC2)nc1C(C)C. The summed E-state index contributed by atoms with van der Waals surface area (Å²) < 4.78 is 0. The van der Waals surface area contributed by atoms with Crippen molar-refractivity contribution in [2.24, 2.45) is 0 Å². The molecule has 114 valence electrons. The van der Waals surface area contributed by atoms with Crippen molar-refractivity contribution in [2.75, 3.05) is 38.1 Å². The van der Waals surface area contributed by atoms with E-state index < -0.39 is 0 Å². The molecular weight excluding hydrogens is 268 g/mol. The van der Waals surface area contributed by atoms with E-state index in [2.05, 4.69) is 49.9 Å². The quantitative estimate of drug-likeness (QED) is 0.905. The van der Waals surface area contributed by atoms with E-state index in [-0.39, 0.29) is 0 Å². The van der Waals surface area contributed by atoms with Gasteiger partial charge in [0.1, 0.15) is 0 Å². The van der Waals surface area contributed by atoms with Gasteiger partial charge in [-0.15, -0.1) is 11.3 Å². The molecule has 0 spiro atoms. The number of thiazole rings is 1. The number of rotatable bonds is 5. The van der Waals surface area contributed by atoms with E-state index in [1.54, 1.807) is 0 Å². The highest BCUT2D eigenvalue weighted by molar-refractivity contribution is 7.15. The zero-order valence-electron chi connectivity index (χ0n) is 13.4. The van der Waals surface area contributed by atoms with Crippen molar-refractivity contribution in [3.63, 3.8) is 0 Å². The Labute approximate surface area is 127 Å². The first-order valence-corrected chi connectivity index (χ1v) is 8.45. The van der Waals surface area contributed by atoms with Crippen molar-refractivity contribution in [1.29, 1.82) is 0 Å². The largest absolute Gasteiger partial charge is 0.346 e. The van der Waals surface area contributed by atoms with Gasteiger partial charge >= 0.3 is 0 Å². The summed E-state index contributed by atoms with van der Waals surface area (Å²) in [6.07, 6.45) is 0. The average Bonchev–Trinajstić information content (AvgIpc) is 2.81. The van der Waals surface area contributed by atoms with Crippen molar-refractivity contribution in [2.45, 2.75) is 46.2 Å². The lowest BCUT2D eigenvalue weighted by Crippen LogP contribution is -2.44. The summed E-state index contributed by atoms with van der Waals surface area (Å²) in [5.41, 5.74) is 1.28. The molecule has 5 heteroatoms. The van der Waals surface area contributed by atoms with E-state index in [1.807, 2.05) is 11.3 Å². The molecule has 2 rings (SSSR count). The molecule has 20 heavy (non-hydrogen) atoms. The molecule has 0 amide bonds. The number of likely N-dealkylation sites (N-methyl/N-ethyl adjacent to an activating group) is 1. The summed E-state index contributed by atoms with van der Waals surface area (Å²) in [6.45, 7) is 14.3. The van der Waals surface area contributed by atoms with Crippen molar-refractivity contribution in [1.82, 2.24) is 15.2 Å². The highest BCUT2D eigenvalue weighted by Gasteiger charge is 2.21. The Hall–Kier alpha value is -0.650. The van der Waals surface area contributed by atoms with Gasteiger partial charge in [-0.3, -0.25) is 0 Å². The number of hydrogen-bond acceptors (Lipinski definition) is 5. The smallest absolute Gasteiger partial charge is 0.185 e. The van der Waals surface area contributed by atoms with E-state index in [9.17, 15) is 0 Å². The molecule has 0 radical (unpaired) electrons. The number of anilines is 1. The molecule has 0 atom stereocenters. The number of aromatic nitrogens is 1. The van der Waals surface area contributed by atoms with E-state index in [4.69, 9.17) is 4.98 Å². The minimum absolute atomic E-state index is 0.497. The van der Waals surface area contributed by atoms with Gasteiger partial charge in [0.15, 0.2) is 5.13 Å². The Kier molecular flexibility index (Phi) is 5.41. The Balaban J connectivity index is 2.11. The minimum atomic E-state index is 0.497. The van der Waals surface area contributed by atoms with Crippen LogP contribution in [0.1, 0.15) is 44.2 Å². The number of hydrogen-bond donors (Lipinski definition) is 1. The van der Waals surface area contributed by atoms with Crippen molar-refractivity contribution in [3.8, 4) is 0 Å². The maximum Gasteiger partial charge on any atom is 0.185 e. The molecule has 1 aromatic rings. The molecule has 0 aromatic carbocycles. The fourth-order valence-corrected chi connectivity index (χ4v) is 3.58. The first kappa shape index (κ1) is 15.7. The predicted octanol–water partition coefficient (Wildman–Crippen LogP) is 2.52. The van der Waals surface area contributed by atoms with Crippen LogP contribution in [-0.4, -0.2) is 49.2 Å². The van der Waals surface area contributed by atoms with Crippen molar-refractivity contribution in [3.05, 3.63) is 10.6 Å². The second-order valence-corrected chi connectivity index (χ2v) is 7.35. The third kappa shape index (κ3) is 3.93. The number of piperazine rings is 1. The van der Waals surface area contributed by atoms with Crippen LogP contribution < -0.4 is 10.2 Å². The van der Waals surface area contributed by atoms with Gasteiger partial charge in [-0.05, 0) is 13.0 Å². The summed E-state index contributed by atoms with van der Waals surface area (Å²) in [5.74, 6) is 0.497. The average molecular weight is 296 g/mol. The fourth-order valence-electron chi connectivity index (χ4n) is 2.36. The summed E-state index contributed by atoms with van der Waals surface area (Å²) in [6, 6.07) is 0.518. The molecule has 1 aromatic heterocycles. The van der Waals surface area contributed by atoms with E-state index in [0.717, 1.165) is 32.7 Å². The number of nitrogens with one attached hydrogen (secondary N) is 1. The Morgan fingerprint density at radius 2 is 1.80 bits per heavy atom. The molecule has 1 aliphatic heterocycles. The molecule has 0 unspecified atom stereocenters. The highest BCUT2D eigenvalue weighted by Crippen LogP contribution is 2.31. The summed E-state index contributed by atoms with van der Waals surface area (Å²) in [5, 5.41) is 4.73. The molecule has 0 aliphatic carbocycles. The van der Waals surface area contributed by atoms with Crippen LogP contribution in [0, 0.1) is 0 Å². The predicted molar refractivity (Wildman–Crippen MR) is 87.9 cm³/mol. The van der Waals surface area contributed by atoms with Gasteiger partial charge < -0.3 is 15.1 Å². The Bertz CT molecular complexity index is 420. The molecule has 0 saturated carbocycles. The van der Waals surface area contributed by atoms with Gasteiger partial charge in [-0.2, -0.15) is 0 Å². The molecule has 2 heterocycles. The third-order valence-corrected chi connectivity index (χ3v) is 4.84. The van der Waals surface area contributed by atoms with Crippen molar-refractivity contribution >= 4 is 16.5 Å². The van der Waals surface area contributed by atoms with E-state index >= 15 is 0 Å². The van der Waals surface area contributed by atoms with Gasteiger partial charge in [-0.25, -0.2) is 4.98 Å². The van der Waals surface area contributed by atoms with Gasteiger partial charge in [0.25, 0.3) is 0 Å². The third-order valence-electron chi connectivity index (χ3n) is 3.71. The molecule has 1 N–H and O–H groups in total. The van der Waals surface area contributed by atoms with Crippen LogP contribution in [0.5, 0.6) is 0 Å². The van der Waals surface area contributed by atoms with E-state index in [0.29, 0.717) is 12.0 Å². The molecule has 1 aliphatic rings. The lowest BCUT2D eigenvalue weighted by molar-refractivity contribution is 0.312. The van der Waals surface area contributed by atoms with Crippen molar-refractivity contribution < 1.29 is 0 Å². The first-order valence-electron chi connectivity index (χ1n) is 7.64. The lowest BCUT2D eigenvalue weighted by Gasteiger charge is -2.32. The summed E-state index contributed by atoms with van der Waals surface area (Å²) in [7, 11) is 2.19. The van der Waals surface area contributed by atoms with Gasteiger partial charge in [0.2, 0.25) is 0 Å². The van der Waals surface area contributed by atoms with Gasteiger partial charge in [0.05, 0.1) is 5.69 Å². The van der Waals surface area contributed by atoms with Crippen LogP contribution in [-0.2, 0) is 6.54 Å². The number of nitrogens with zero attached hydrogens (tertiary/aromatic N) is 3. The normalized spacial score (nSPS) is 17.4. The standard InChI is InChI=1S/C15H28N4S/c1-11(2)14-13(10-16-12(3)4)20-15(17-14)19-8-6-18(5)7-9-19/h11-12,16H,6-10H2,1-5H3.